The number of hydrogen-bond acceptors (Lipinski definition) is 2. The molecule has 0 rings (SSSR count). The monoisotopic (exact) mass is 138 g/mol. The van der Waals surface area contributed by atoms with Crippen molar-refractivity contribution in [2.45, 2.75) is 0 Å². The number of nitrogens with two attached hydrogens (primary N) is 3. The van der Waals surface area contributed by atoms with Gasteiger partial charge in [-0.05, 0) is 0 Å². The largest absolute Gasteiger partial charge is 0.369 e. The molecule has 32 valence electrons. The van der Waals surface area contributed by atoms with Gasteiger partial charge in [-0.15, -0.1) is 5.10 Å². The standard InChI is InChI=1S/CH6N4.Zn/c2-1(3)5-4;/h4H2,(H4,2,3,5);. The van der Waals surface area contributed by atoms with Crippen LogP contribution in [0, 0.1) is 0 Å². The van der Waals surface area contributed by atoms with Crippen molar-refractivity contribution in [3.05, 3.63) is 0 Å². The van der Waals surface area contributed by atoms with E-state index in [9.17, 15) is 0 Å². The molecule has 0 atom stereocenters. The second-order valence-electron chi connectivity index (χ2n) is 0.554. The van der Waals surface area contributed by atoms with E-state index >= 15 is 0 Å². The zero-order chi connectivity index (χ0) is 4.28. The smallest absolute Gasteiger partial charge is 0.208 e. The molecule has 0 radical (unpaired) electrons. The summed E-state index contributed by atoms with van der Waals surface area (Å²) in [4.78, 5) is 0. The van der Waals surface area contributed by atoms with Crippen molar-refractivity contribution < 1.29 is 19.5 Å². The van der Waals surface area contributed by atoms with Gasteiger partial charge in [-0.2, -0.15) is 0 Å². The van der Waals surface area contributed by atoms with E-state index in [4.69, 9.17) is 11.5 Å². The van der Waals surface area contributed by atoms with Crippen LogP contribution in [0.2, 0.25) is 0 Å². The Morgan fingerprint density at radius 1 is 1.33 bits per heavy atom. The molecule has 0 aromatic heterocycles. The van der Waals surface area contributed by atoms with Gasteiger partial charge in [-0.1, -0.05) is 0 Å². The number of hydrogen-bond donors (Lipinski definition) is 3. The second-order valence-corrected chi connectivity index (χ2v) is 0.554. The minimum Gasteiger partial charge on any atom is -0.369 e. The molecule has 5 heteroatoms. The van der Waals surface area contributed by atoms with Gasteiger partial charge in [0.1, 0.15) is 0 Å². The van der Waals surface area contributed by atoms with Crippen molar-refractivity contribution in [3.63, 3.8) is 0 Å². The predicted octanol–water partition coefficient (Wildman–Crippen LogP) is -1.87. The molecular formula is CH6N4Zn. The molecule has 0 aliphatic heterocycles. The van der Waals surface area contributed by atoms with Crippen LogP contribution in [0.4, 0.5) is 0 Å². The van der Waals surface area contributed by atoms with Crippen LogP contribution < -0.4 is 17.3 Å². The molecule has 0 saturated heterocycles. The van der Waals surface area contributed by atoms with Crippen molar-refractivity contribution in [2.24, 2.45) is 22.4 Å². The maximum absolute atomic E-state index is 4.69. The average Bonchev–Trinajstić information content (AvgIpc) is 1.38. The Bertz CT molecular complexity index is 45.5. The van der Waals surface area contributed by atoms with E-state index in [0.29, 0.717) is 0 Å². The van der Waals surface area contributed by atoms with E-state index in [2.05, 4.69) is 10.9 Å². The van der Waals surface area contributed by atoms with Gasteiger partial charge in [0.2, 0.25) is 5.96 Å². The summed E-state index contributed by atoms with van der Waals surface area (Å²) in [5, 5.41) is 2.86. The van der Waals surface area contributed by atoms with Gasteiger partial charge in [-0.3, -0.25) is 0 Å². The second kappa shape index (κ2) is 4.69. The van der Waals surface area contributed by atoms with Crippen LogP contribution in [-0.2, 0) is 19.5 Å². The van der Waals surface area contributed by atoms with Crippen LogP contribution in [0.5, 0.6) is 0 Å². The van der Waals surface area contributed by atoms with E-state index < -0.39 is 0 Å². The predicted molar refractivity (Wildman–Crippen MR) is 20.0 cm³/mol. The van der Waals surface area contributed by atoms with Crippen LogP contribution in [0.3, 0.4) is 0 Å². The maximum atomic E-state index is 4.69. The molecule has 0 heterocycles. The molecule has 6 heavy (non-hydrogen) atoms. The number of nitrogens with zero attached hydrogens (tertiary/aromatic N) is 1. The van der Waals surface area contributed by atoms with Gasteiger partial charge in [-0.25, -0.2) is 0 Å². The van der Waals surface area contributed by atoms with Crippen LogP contribution >= 0.6 is 0 Å². The van der Waals surface area contributed by atoms with E-state index in [0.717, 1.165) is 0 Å². The third-order valence-electron chi connectivity index (χ3n) is 0.149. The first kappa shape index (κ1) is 9.19. The minimum atomic E-state index is -0.0926. The molecule has 0 aliphatic rings. The number of guanidine groups is 1. The molecule has 0 fully saturated rings. The van der Waals surface area contributed by atoms with Crippen molar-refractivity contribution in [1.29, 1.82) is 0 Å². The van der Waals surface area contributed by atoms with E-state index in [-0.39, 0.29) is 25.4 Å². The van der Waals surface area contributed by atoms with Gasteiger partial charge >= 0.3 is 0 Å². The molecule has 0 unspecified atom stereocenters. The molecule has 0 aromatic rings. The van der Waals surface area contributed by atoms with E-state index in [1.54, 1.807) is 0 Å². The van der Waals surface area contributed by atoms with Gasteiger partial charge in [0, 0.05) is 19.5 Å². The first-order valence-corrected chi connectivity index (χ1v) is 1.06. The van der Waals surface area contributed by atoms with Gasteiger partial charge in [0.25, 0.3) is 0 Å². The quantitative estimate of drug-likeness (QED) is 0.121. The Morgan fingerprint density at radius 2 is 1.50 bits per heavy atom. The fourth-order valence-corrected chi connectivity index (χ4v) is 0. The van der Waals surface area contributed by atoms with Crippen molar-refractivity contribution >= 4 is 5.96 Å². The minimum absolute atomic E-state index is 0. The normalized spacial score (nSPS) is 5.33. The summed E-state index contributed by atoms with van der Waals surface area (Å²) in [6.07, 6.45) is 0. The Labute approximate surface area is 48.5 Å². The molecule has 4 nitrogen and oxygen atoms in total. The van der Waals surface area contributed by atoms with Crippen LogP contribution in [0.15, 0.2) is 5.10 Å². The fraction of sp³-hybridized carbons (Fsp3) is 0. The third-order valence-corrected chi connectivity index (χ3v) is 0.149. The number of rotatable bonds is 0. The third kappa shape index (κ3) is 9.34. The average molecular weight is 139 g/mol. The Hall–Kier alpha value is -0.307. The molecule has 0 aromatic carbocycles. The van der Waals surface area contributed by atoms with Gasteiger partial charge in [0.05, 0.1) is 0 Å². The zero-order valence-electron chi connectivity index (χ0n) is 3.39. The van der Waals surface area contributed by atoms with Crippen molar-refractivity contribution in [3.8, 4) is 0 Å². The topological polar surface area (TPSA) is 90.4 Å². The van der Waals surface area contributed by atoms with E-state index in [1.165, 1.54) is 0 Å². The van der Waals surface area contributed by atoms with Gasteiger partial charge < -0.3 is 17.3 Å². The Balaban J connectivity index is 0. The first-order valence-electron chi connectivity index (χ1n) is 1.06. The van der Waals surface area contributed by atoms with Crippen molar-refractivity contribution in [1.82, 2.24) is 0 Å². The van der Waals surface area contributed by atoms with Crippen LogP contribution in [-0.4, -0.2) is 5.96 Å². The summed E-state index contributed by atoms with van der Waals surface area (Å²) in [6, 6.07) is 0. The molecule has 0 amide bonds. The summed E-state index contributed by atoms with van der Waals surface area (Å²) in [5.41, 5.74) is 9.39. The van der Waals surface area contributed by atoms with E-state index in [1.807, 2.05) is 0 Å². The fourth-order valence-electron chi connectivity index (χ4n) is 0. The Kier molecular flexibility index (Phi) is 7.19. The summed E-state index contributed by atoms with van der Waals surface area (Å²) >= 11 is 0. The van der Waals surface area contributed by atoms with Crippen LogP contribution in [0.25, 0.3) is 0 Å². The van der Waals surface area contributed by atoms with Crippen LogP contribution in [0.1, 0.15) is 0 Å². The Morgan fingerprint density at radius 3 is 1.50 bits per heavy atom. The summed E-state index contributed by atoms with van der Waals surface area (Å²) in [6.45, 7) is 0. The molecule has 6 N–H and O–H groups in total. The SMILES string of the molecule is NN=C(N)N.[Zn]. The first-order chi connectivity index (χ1) is 2.27. The molecule has 0 aliphatic carbocycles. The maximum Gasteiger partial charge on any atom is 0.208 e. The number of hydrazone groups is 1. The summed E-state index contributed by atoms with van der Waals surface area (Å²) in [7, 11) is 0. The zero-order valence-corrected chi connectivity index (χ0v) is 6.35. The van der Waals surface area contributed by atoms with Gasteiger partial charge in [0.15, 0.2) is 0 Å². The molecule has 0 spiro atoms. The summed E-state index contributed by atoms with van der Waals surface area (Å²) in [5.74, 6) is 4.42. The van der Waals surface area contributed by atoms with Crippen molar-refractivity contribution in [2.75, 3.05) is 0 Å². The summed E-state index contributed by atoms with van der Waals surface area (Å²) < 4.78 is 0. The molecule has 0 saturated carbocycles. The molecule has 0 bridgehead atoms. The molecular weight excluding hydrogens is 133 g/mol.